The van der Waals surface area contributed by atoms with Gasteiger partial charge in [-0.25, -0.2) is 0 Å². The lowest BCUT2D eigenvalue weighted by Crippen LogP contribution is -2.21. The second kappa shape index (κ2) is 7.84. The Hall–Kier alpha value is -2.15. The Morgan fingerprint density at radius 2 is 1.96 bits per heavy atom. The van der Waals surface area contributed by atoms with Crippen molar-refractivity contribution in [3.63, 3.8) is 0 Å². The number of amides is 1. The predicted octanol–water partition coefficient (Wildman–Crippen LogP) is 3.86. The molecule has 27 heavy (non-hydrogen) atoms. The summed E-state index contributed by atoms with van der Waals surface area (Å²) in [7, 11) is 0. The molecule has 2 aliphatic rings. The minimum atomic E-state index is -0.240. The van der Waals surface area contributed by atoms with Gasteiger partial charge >= 0.3 is 0 Å². The Labute approximate surface area is 162 Å². The maximum absolute atomic E-state index is 13.0. The van der Waals surface area contributed by atoms with Gasteiger partial charge in [0.15, 0.2) is 0 Å². The number of aromatic amines is 1. The summed E-state index contributed by atoms with van der Waals surface area (Å²) in [6.45, 7) is 2.50. The molecule has 1 aromatic carbocycles. The summed E-state index contributed by atoms with van der Waals surface area (Å²) in [5.74, 6) is 1.64. The smallest absolute Gasteiger partial charge is 0.270 e. The van der Waals surface area contributed by atoms with Gasteiger partial charge in [0, 0.05) is 5.56 Å². The summed E-state index contributed by atoms with van der Waals surface area (Å²) in [5, 5.41) is 5.77. The molecule has 0 spiro atoms. The van der Waals surface area contributed by atoms with Crippen molar-refractivity contribution in [2.24, 2.45) is 0 Å². The highest BCUT2D eigenvalue weighted by Crippen LogP contribution is 2.44. The molecule has 144 valence electrons. The van der Waals surface area contributed by atoms with Crippen molar-refractivity contribution >= 4 is 23.5 Å². The molecule has 0 radical (unpaired) electrons. The van der Waals surface area contributed by atoms with Crippen LogP contribution in [0.25, 0.3) is 0 Å². The molecular formula is C20H25N3O3S. The SMILES string of the molecule is CCOc1ccccc1[C@H]1SCC(=O)Nc2c1c(=O)[nH]n2C1CCCCC1. The summed E-state index contributed by atoms with van der Waals surface area (Å²) >= 11 is 1.48. The van der Waals surface area contributed by atoms with Gasteiger partial charge in [0.25, 0.3) is 5.56 Å². The number of hydrogen-bond acceptors (Lipinski definition) is 4. The van der Waals surface area contributed by atoms with E-state index in [1.165, 1.54) is 18.2 Å². The molecule has 4 rings (SSSR count). The lowest BCUT2D eigenvalue weighted by molar-refractivity contribution is -0.113. The molecule has 6 nitrogen and oxygen atoms in total. The van der Waals surface area contributed by atoms with E-state index in [0.29, 0.717) is 23.7 Å². The molecule has 1 aliphatic carbocycles. The number of fused-ring (bicyclic) bond motifs is 1. The third-order valence-electron chi connectivity index (χ3n) is 5.30. The van der Waals surface area contributed by atoms with Crippen LogP contribution in [0, 0.1) is 0 Å². The van der Waals surface area contributed by atoms with Crippen LogP contribution in [0.15, 0.2) is 29.1 Å². The number of carbonyl (C=O) groups is 1. The molecule has 1 aromatic heterocycles. The zero-order chi connectivity index (χ0) is 18.8. The van der Waals surface area contributed by atoms with Gasteiger partial charge in [-0.2, -0.15) is 0 Å². The zero-order valence-electron chi connectivity index (χ0n) is 15.5. The van der Waals surface area contributed by atoms with Crippen molar-refractivity contribution in [2.75, 3.05) is 17.7 Å². The Kier molecular flexibility index (Phi) is 5.29. The average Bonchev–Trinajstić information content (AvgIpc) is 2.89. The largest absolute Gasteiger partial charge is 0.494 e. The van der Waals surface area contributed by atoms with Crippen LogP contribution in [0.5, 0.6) is 5.75 Å². The predicted molar refractivity (Wildman–Crippen MR) is 108 cm³/mol. The fraction of sp³-hybridized carbons (Fsp3) is 0.500. The minimum Gasteiger partial charge on any atom is -0.494 e. The van der Waals surface area contributed by atoms with Crippen molar-refractivity contribution < 1.29 is 9.53 Å². The molecule has 1 saturated carbocycles. The topological polar surface area (TPSA) is 76.1 Å². The molecule has 1 aliphatic heterocycles. The van der Waals surface area contributed by atoms with Crippen LogP contribution in [0.3, 0.4) is 0 Å². The maximum Gasteiger partial charge on any atom is 0.270 e. The standard InChI is InChI=1S/C20H25N3O3S/c1-2-26-15-11-7-6-10-14(15)18-17-19(21-16(24)12-27-18)23(22-20(17)25)13-8-4-3-5-9-13/h6-7,10-11,13,18H,2-5,8-9,12H2,1H3,(H,21,24)(H,22,25)/t18-/m1/s1. The first-order valence-electron chi connectivity index (χ1n) is 9.66. The first-order valence-corrected chi connectivity index (χ1v) is 10.7. The number of aromatic nitrogens is 2. The van der Waals surface area contributed by atoms with Crippen LogP contribution in [0.2, 0.25) is 0 Å². The monoisotopic (exact) mass is 387 g/mol. The number of nitrogens with zero attached hydrogens (tertiary/aromatic N) is 1. The number of H-pyrrole nitrogens is 1. The Morgan fingerprint density at radius 1 is 1.19 bits per heavy atom. The number of thioether (sulfide) groups is 1. The third-order valence-corrected chi connectivity index (χ3v) is 6.56. The van der Waals surface area contributed by atoms with Gasteiger partial charge in [-0.3, -0.25) is 19.4 Å². The van der Waals surface area contributed by atoms with E-state index < -0.39 is 0 Å². The van der Waals surface area contributed by atoms with E-state index in [1.54, 1.807) is 0 Å². The molecule has 0 unspecified atom stereocenters. The van der Waals surface area contributed by atoms with E-state index in [4.69, 9.17) is 4.74 Å². The van der Waals surface area contributed by atoms with Crippen LogP contribution in [0.1, 0.15) is 61.4 Å². The minimum absolute atomic E-state index is 0.0683. The molecular weight excluding hydrogens is 362 g/mol. The van der Waals surface area contributed by atoms with E-state index in [2.05, 4.69) is 10.4 Å². The highest BCUT2D eigenvalue weighted by atomic mass is 32.2. The van der Waals surface area contributed by atoms with Crippen molar-refractivity contribution in [2.45, 2.75) is 50.3 Å². The van der Waals surface area contributed by atoms with Crippen molar-refractivity contribution in [1.29, 1.82) is 0 Å². The molecule has 2 N–H and O–H groups in total. The van der Waals surface area contributed by atoms with E-state index >= 15 is 0 Å². The zero-order valence-corrected chi connectivity index (χ0v) is 16.3. The van der Waals surface area contributed by atoms with Gasteiger partial charge in [-0.05, 0) is 25.8 Å². The summed E-state index contributed by atoms with van der Waals surface area (Å²) < 4.78 is 7.71. The van der Waals surface area contributed by atoms with Crippen LogP contribution in [-0.2, 0) is 4.79 Å². The maximum atomic E-state index is 13.0. The van der Waals surface area contributed by atoms with E-state index in [1.807, 2.05) is 35.9 Å². The molecule has 2 aromatic rings. The van der Waals surface area contributed by atoms with Crippen molar-refractivity contribution in [1.82, 2.24) is 9.78 Å². The van der Waals surface area contributed by atoms with Gasteiger partial charge in [-0.1, -0.05) is 37.5 Å². The second-order valence-corrected chi connectivity index (χ2v) is 8.17. The normalized spacial score (nSPS) is 20.6. The number of rotatable bonds is 4. The lowest BCUT2D eigenvalue weighted by Gasteiger charge is -2.25. The van der Waals surface area contributed by atoms with Crippen molar-refractivity contribution in [3.8, 4) is 5.75 Å². The molecule has 1 amide bonds. The highest BCUT2D eigenvalue weighted by Gasteiger charge is 2.33. The van der Waals surface area contributed by atoms with Crippen LogP contribution >= 0.6 is 11.8 Å². The summed E-state index contributed by atoms with van der Waals surface area (Å²) in [6, 6.07) is 8.02. The number of ether oxygens (including phenoxy) is 1. The number of carbonyl (C=O) groups excluding carboxylic acids is 1. The number of nitrogens with one attached hydrogen (secondary N) is 2. The molecule has 2 heterocycles. The van der Waals surface area contributed by atoms with Crippen molar-refractivity contribution in [3.05, 3.63) is 45.7 Å². The van der Waals surface area contributed by atoms with Gasteiger partial charge in [0.2, 0.25) is 5.91 Å². The van der Waals surface area contributed by atoms with Gasteiger partial charge in [0.1, 0.15) is 11.6 Å². The number of hydrogen-bond donors (Lipinski definition) is 2. The van der Waals surface area contributed by atoms with Crippen LogP contribution in [0.4, 0.5) is 5.82 Å². The first-order chi connectivity index (χ1) is 13.2. The van der Waals surface area contributed by atoms with E-state index in [0.717, 1.165) is 37.0 Å². The molecule has 0 saturated heterocycles. The van der Waals surface area contributed by atoms with Crippen LogP contribution in [-0.4, -0.2) is 28.0 Å². The Bertz CT molecular complexity index is 883. The van der Waals surface area contributed by atoms with Gasteiger partial charge < -0.3 is 10.1 Å². The Morgan fingerprint density at radius 3 is 2.74 bits per heavy atom. The van der Waals surface area contributed by atoms with E-state index in [9.17, 15) is 9.59 Å². The van der Waals surface area contributed by atoms with Gasteiger partial charge in [-0.15, -0.1) is 11.8 Å². The lowest BCUT2D eigenvalue weighted by atomic mass is 9.95. The fourth-order valence-electron chi connectivity index (χ4n) is 4.09. The summed E-state index contributed by atoms with van der Waals surface area (Å²) in [5.41, 5.74) is 1.44. The third kappa shape index (κ3) is 3.52. The number of benzene rings is 1. The highest BCUT2D eigenvalue weighted by molar-refractivity contribution is 8.00. The van der Waals surface area contributed by atoms with Crippen LogP contribution < -0.4 is 15.6 Å². The summed E-state index contributed by atoms with van der Waals surface area (Å²) in [6.07, 6.45) is 5.59. The molecule has 1 fully saturated rings. The molecule has 0 bridgehead atoms. The molecule has 1 atom stereocenters. The van der Waals surface area contributed by atoms with Gasteiger partial charge in [0.05, 0.1) is 29.2 Å². The fourth-order valence-corrected chi connectivity index (χ4v) is 5.24. The quantitative estimate of drug-likeness (QED) is 0.835. The average molecular weight is 388 g/mol. The summed E-state index contributed by atoms with van der Waals surface area (Å²) in [4.78, 5) is 25.3. The number of para-hydroxylation sites is 1. The number of anilines is 1. The first kappa shape index (κ1) is 18.2. The molecule has 7 heteroatoms. The Balaban J connectivity index is 1.82. The second-order valence-electron chi connectivity index (χ2n) is 7.08. The van der Waals surface area contributed by atoms with E-state index in [-0.39, 0.29) is 22.8 Å².